The van der Waals surface area contributed by atoms with Crippen molar-refractivity contribution in [3.8, 4) is 0 Å². The molecular weight excluding hydrogens is 354 g/mol. The van der Waals surface area contributed by atoms with Gasteiger partial charge in [-0.1, -0.05) is 17.3 Å². The summed E-state index contributed by atoms with van der Waals surface area (Å²) in [5.41, 5.74) is 3.64. The molecule has 2 fully saturated rings. The number of hydrogen-bond acceptors (Lipinski definition) is 4. The van der Waals surface area contributed by atoms with Crippen LogP contribution in [-0.2, 0) is 17.8 Å². The Kier molecular flexibility index (Phi) is 5.20. The van der Waals surface area contributed by atoms with Crippen molar-refractivity contribution in [1.29, 1.82) is 0 Å². The van der Waals surface area contributed by atoms with Gasteiger partial charge in [0.1, 0.15) is 5.76 Å². The van der Waals surface area contributed by atoms with E-state index in [9.17, 15) is 9.59 Å². The summed E-state index contributed by atoms with van der Waals surface area (Å²) in [5.74, 6) is 0.949. The molecule has 0 spiro atoms. The molecule has 0 radical (unpaired) electrons. The van der Waals surface area contributed by atoms with Crippen LogP contribution in [0.2, 0.25) is 0 Å². The highest BCUT2D eigenvalue weighted by atomic mass is 16.5. The summed E-state index contributed by atoms with van der Waals surface area (Å²) in [4.78, 5) is 27.0. The molecule has 0 saturated heterocycles. The molecule has 1 aromatic heterocycles. The van der Waals surface area contributed by atoms with Crippen LogP contribution in [0.15, 0.2) is 28.8 Å². The van der Waals surface area contributed by atoms with Gasteiger partial charge in [0.25, 0.3) is 5.91 Å². The molecule has 0 bridgehead atoms. The van der Waals surface area contributed by atoms with Gasteiger partial charge in [0.2, 0.25) is 5.91 Å². The Hall–Kier alpha value is -2.63. The zero-order valence-corrected chi connectivity index (χ0v) is 16.5. The van der Waals surface area contributed by atoms with Crippen molar-refractivity contribution in [3.63, 3.8) is 0 Å². The molecule has 0 aliphatic heterocycles. The fraction of sp³-hybridized carbons (Fsp3) is 0.500. The van der Waals surface area contributed by atoms with E-state index in [2.05, 4.69) is 10.5 Å². The molecule has 1 aromatic carbocycles. The Morgan fingerprint density at radius 3 is 2.43 bits per heavy atom. The average molecular weight is 381 g/mol. The summed E-state index contributed by atoms with van der Waals surface area (Å²) in [6.07, 6.45) is 5.41. The SMILES string of the molecule is Cc1noc(C)c1CCC(=O)N(Cc1ccc(C(=O)NC2CC2)cc1)C1CC1. The third-order valence-corrected chi connectivity index (χ3v) is 5.56. The number of carbonyl (C=O) groups excluding carboxylic acids is 2. The zero-order valence-electron chi connectivity index (χ0n) is 16.5. The molecule has 148 valence electrons. The van der Waals surface area contributed by atoms with Crippen molar-refractivity contribution in [2.45, 2.75) is 71.0 Å². The highest BCUT2D eigenvalue weighted by Gasteiger charge is 2.32. The number of carbonyl (C=O) groups is 2. The summed E-state index contributed by atoms with van der Waals surface area (Å²) < 4.78 is 5.19. The zero-order chi connectivity index (χ0) is 19.7. The molecule has 6 nitrogen and oxygen atoms in total. The second-order valence-electron chi connectivity index (χ2n) is 8.00. The first kappa shape index (κ1) is 18.7. The van der Waals surface area contributed by atoms with Gasteiger partial charge in [-0.05, 0) is 63.6 Å². The van der Waals surface area contributed by atoms with Gasteiger partial charge < -0.3 is 14.7 Å². The molecule has 28 heavy (non-hydrogen) atoms. The molecule has 2 saturated carbocycles. The summed E-state index contributed by atoms with van der Waals surface area (Å²) in [6.45, 7) is 4.39. The molecule has 2 aliphatic carbocycles. The lowest BCUT2D eigenvalue weighted by molar-refractivity contribution is -0.132. The number of hydrogen-bond donors (Lipinski definition) is 1. The Labute approximate surface area is 165 Å². The van der Waals surface area contributed by atoms with E-state index in [0.29, 0.717) is 37.0 Å². The molecule has 4 rings (SSSR count). The fourth-order valence-corrected chi connectivity index (χ4v) is 3.50. The van der Waals surface area contributed by atoms with Gasteiger partial charge in [0.15, 0.2) is 0 Å². The molecule has 0 unspecified atom stereocenters. The second kappa shape index (κ2) is 7.78. The maximum atomic E-state index is 12.9. The van der Waals surface area contributed by atoms with Crippen LogP contribution in [0.5, 0.6) is 0 Å². The molecule has 2 amide bonds. The number of aryl methyl sites for hydroxylation is 2. The van der Waals surface area contributed by atoms with E-state index in [-0.39, 0.29) is 11.8 Å². The largest absolute Gasteiger partial charge is 0.361 e. The van der Waals surface area contributed by atoms with Gasteiger partial charge in [-0.15, -0.1) is 0 Å². The van der Waals surface area contributed by atoms with Gasteiger partial charge in [0, 0.05) is 36.2 Å². The summed E-state index contributed by atoms with van der Waals surface area (Å²) >= 11 is 0. The highest BCUT2D eigenvalue weighted by Crippen LogP contribution is 2.29. The number of nitrogens with one attached hydrogen (secondary N) is 1. The molecule has 6 heteroatoms. The van der Waals surface area contributed by atoms with E-state index >= 15 is 0 Å². The fourth-order valence-electron chi connectivity index (χ4n) is 3.50. The molecular formula is C22H27N3O3. The Morgan fingerprint density at radius 1 is 1.14 bits per heavy atom. The minimum atomic E-state index is -0.0105. The number of rotatable bonds is 8. The Balaban J connectivity index is 1.36. The van der Waals surface area contributed by atoms with E-state index < -0.39 is 0 Å². The molecule has 1 N–H and O–H groups in total. The van der Waals surface area contributed by atoms with Crippen LogP contribution < -0.4 is 5.32 Å². The predicted molar refractivity (Wildman–Crippen MR) is 105 cm³/mol. The lowest BCUT2D eigenvalue weighted by Gasteiger charge is -2.23. The predicted octanol–water partition coefficient (Wildman–Crippen LogP) is 3.31. The van der Waals surface area contributed by atoms with Crippen LogP contribution in [0.25, 0.3) is 0 Å². The first-order valence-electron chi connectivity index (χ1n) is 10.1. The first-order chi connectivity index (χ1) is 13.5. The maximum absolute atomic E-state index is 12.9. The van der Waals surface area contributed by atoms with E-state index in [1.165, 1.54) is 0 Å². The van der Waals surface area contributed by atoms with Gasteiger partial charge >= 0.3 is 0 Å². The summed E-state index contributed by atoms with van der Waals surface area (Å²) in [5, 5.41) is 6.97. The van der Waals surface area contributed by atoms with Gasteiger partial charge in [0.05, 0.1) is 5.69 Å². The average Bonchev–Trinajstić information content (AvgIpc) is 3.60. The number of amides is 2. The standard InChI is InChI=1S/C22H27N3O3/c1-14-20(15(2)28-24-14)11-12-21(26)25(19-9-10-19)13-16-3-5-17(6-4-16)22(27)23-18-7-8-18/h3-6,18-19H,7-13H2,1-2H3,(H,23,27). The molecule has 2 aromatic rings. The van der Waals surface area contributed by atoms with Gasteiger partial charge in [-0.2, -0.15) is 0 Å². The van der Waals surface area contributed by atoms with Crippen molar-refractivity contribution in [2.75, 3.05) is 0 Å². The third kappa shape index (κ3) is 4.43. The Morgan fingerprint density at radius 2 is 1.86 bits per heavy atom. The lowest BCUT2D eigenvalue weighted by Crippen LogP contribution is -2.32. The number of aromatic nitrogens is 1. The highest BCUT2D eigenvalue weighted by molar-refractivity contribution is 5.94. The minimum absolute atomic E-state index is 0.0105. The normalized spacial score (nSPS) is 16.1. The van der Waals surface area contributed by atoms with Crippen LogP contribution in [0, 0.1) is 13.8 Å². The topological polar surface area (TPSA) is 75.4 Å². The van der Waals surface area contributed by atoms with E-state index in [4.69, 9.17) is 4.52 Å². The van der Waals surface area contributed by atoms with E-state index in [0.717, 1.165) is 48.3 Å². The van der Waals surface area contributed by atoms with Crippen molar-refractivity contribution in [1.82, 2.24) is 15.4 Å². The summed E-state index contributed by atoms with van der Waals surface area (Å²) in [7, 11) is 0. The molecule has 1 heterocycles. The number of benzene rings is 1. The van der Waals surface area contributed by atoms with Crippen LogP contribution in [0.4, 0.5) is 0 Å². The Bertz CT molecular complexity index is 844. The van der Waals surface area contributed by atoms with Crippen LogP contribution in [-0.4, -0.2) is 34.0 Å². The van der Waals surface area contributed by atoms with E-state index in [1.54, 1.807) is 0 Å². The van der Waals surface area contributed by atoms with Crippen LogP contribution >= 0.6 is 0 Å². The van der Waals surface area contributed by atoms with Crippen molar-refractivity contribution in [2.24, 2.45) is 0 Å². The lowest BCUT2D eigenvalue weighted by atomic mass is 10.1. The molecule has 0 atom stereocenters. The minimum Gasteiger partial charge on any atom is -0.361 e. The second-order valence-corrected chi connectivity index (χ2v) is 8.00. The maximum Gasteiger partial charge on any atom is 0.251 e. The van der Waals surface area contributed by atoms with Crippen molar-refractivity contribution in [3.05, 3.63) is 52.4 Å². The van der Waals surface area contributed by atoms with Gasteiger partial charge in [-0.25, -0.2) is 0 Å². The molecule has 2 aliphatic rings. The summed E-state index contributed by atoms with van der Waals surface area (Å²) in [6, 6.07) is 8.32. The van der Waals surface area contributed by atoms with Gasteiger partial charge in [-0.3, -0.25) is 9.59 Å². The smallest absolute Gasteiger partial charge is 0.251 e. The third-order valence-electron chi connectivity index (χ3n) is 5.56. The van der Waals surface area contributed by atoms with Crippen molar-refractivity contribution < 1.29 is 14.1 Å². The van der Waals surface area contributed by atoms with Crippen LogP contribution in [0.3, 0.4) is 0 Å². The number of nitrogens with zero attached hydrogens (tertiary/aromatic N) is 2. The first-order valence-corrected chi connectivity index (χ1v) is 10.1. The van der Waals surface area contributed by atoms with E-state index in [1.807, 2.05) is 43.0 Å². The van der Waals surface area contributed by atoms with Crippen molar-refractivity contribution >= 4 is 11.8 Å². The monoisotopic (exact) mass is 381 g/mol. The van der Waals surface area contributed by atoms with Crippen LogP contribution in [0.1, 0.15) is 65.0 Å². The quantitative estimate of drug-likeness (QED) is 0.761.